The highest BCUT2D eigenvalue weighted by atomic mass is 19.1. The number of nitrogens with one attached hydrogen (secondary N) is 1. The summed E-state index contributed by atoms with van der Waals surface area (Å²) in [5.41, 5.74) is 3.22. The van der Waals surface area contributed by atoms with Crippen molar-refractivity contribution in [2.45, 2.75) is 25.7 Å². The summed E-state index contributed by atoms with van der Waals surface area (Å²) in [7, 11) is 1.76. The Labute approximate surface area is 169 Å². The van der Waals surface area contributed by atoms with Gasteiger partial charge in [0, 0.05) is 43.3 Å². The van der Waals surface area contributed by atoms with Crippen LogP contribution in [0, 0.1) is 5.82 Å². The number of amides is 1. The largest absolute Gasteiger partial charge is 0.346 e. The van der Waals surface area contributed by atoms with Crippen molar-refractivity contribution < 1.29 is 14.0 Å². The molecular weight excluding hydrogens is 369 g/mol. The van der Waals surface area contributed by atoms with Crippen LogP contribution in [0.2, 0.25) is 0 Å². The number of Topliss-reactive ketones (excluding diaryl/α,β-unsaturated/α-hetero) is 1. The molecule has 1 aromatic heterocycles. The molecule has 0 bridgehead atoms. The molecule has 3 aromatic rings. The highest BCUT2D eigenvalue weighted by molar-refractivity contribution is 5.97. The number of H-pyrrole nitrogens is 1. The van der Waals surface area contributed by atoms with Crippen LogP contribution >= 0.6 is 0 Å². The van der Waals surface area contributed by atoms with E-state index in [1.165, 1.54) is 12.1 Å². The van der Waals surface area contributed by atoms with Crippen molar-refractivity contribution in [3.8, 4) is 11.3 Å². The normalized spacial score (nSPS) is 10.7. The van der Waals surface area contributed by atoms with Crippen LogP contribution in [0.4, 0.5) is 4.39 Å². The topological polar surface area (TPSA) is 66.1 Å². The van der Waals surface area contributed by atoms with Crippen LogP contribution in [-0.2, 0) is 11.2 Å². The third-order valence-electron chi connectivity index (χ3n) is 4.80. The SMILES string of the molecule is CN(CCCc1cc(-c2ccc(F)cc2)n[nH]1)C(=O)CCC(=O)c1ccccc1. The quantitative estimate of drug-likeness (QED) is 0.552. The predicted octanol–water partition coefficient (Wildman–Crippen LogP) is 4.27. The predicted molar refractivity (Wildman–Crippen MR) is 110 cm³/mol. The third-order valence-corrected chi connectivity index (χ3v) is 4.80. The number of hydrogen-bond acceptors (Lipinski definition) is 3. The maximum atomic E-state index is 13.0. The lowest BCUT2D eigenvalue weighted by molar-refractivity contribution is -0.129. The summed E-state index contributed by atoms with van der Waals surface area (Å²) < 4.78 is 13.0. The number of nitrogens with zero attached hydrogens (tertiary/aromatic N) is 2. The first-order valence-corrected chi connectivity index (χ1v) is 9.65. The highest BCUT2D eigenvalue weighted by Gasteiger charge is 2.13. The third kappa shape index (κ3) is 5.85. The standard InChI is InChI=1S/C23H24FN3O2/c1-27(23(29)14-13-22(28)18-6-3-2-4-7-18)15-5-8-20-16-21(26-25-20)17-9-11-19(24)12-10-17/h2-4,6-7,9-12,16H,5,8,13-15H2,1H3,(H,25,26). The molecule has 6 heteroatoms. The van der Waals surface area contributed by atoms with Gasteiger partial charge in [-0.05, 0) is 43.2 Å². The van der Waals surface area contributed by atoms with E-state index in [1.807, 2.05) is 24.3 Å². The molecule has 0 saturated carbocycles. The minimum absolute atomic E-state index is 0.0156. The number of carbonyl (C=O) groups is 2. The molecular formula is C23H24FN3O2. The minimum atomic E-state index is -0.275. The van der Waals surface area contributed by atoms with Gasteiger partial charge in [-0.25, -0.2) is 4.39 Å². The summed E-state index contributed by atoms with van der Waals surface area (Å²) in [5, 5.41) is 7.25. The molecule has 1 amide bonds. The van der Waals surface area contributed by atoms with E-state index in [9.17, 15) is 14.0 Å². The molecule has 29 heavy (non-hydrogen) atoms. The van der Waals surface area contributed by atoms with Crippen LogP contribution < -0.4 is 0 Å². The molecule has 2 aromatic carbocycles. The van der Waals surface area contributed by atoms with Crippen molar-refractivity contribution in [3.63, 3.8) is 0 Å². The number of aromatic amines is 1. The second-order valence-electron chi connectivity index (χ2n) is 6.99. The zero-order valence-corrected chi connectivity index (χ0v) is 16.4. The van der Waals surface area contributed by atoms with E-state index < -0.39 is 0 Å². The number of benzene rings is 2. The fraction of sp³-hybridized carbons (Fsp3) is 0.261. The number of rotatable bonds is 9. The molecule has 0 unspecified atom stereocenters. The number of hydrogen-bond donors (Lipinski definition) is 1. The number of aryl methyl sites for hydroxylation is 1. The van der Waals surface area contributed by atoms with E-state index in [4.69, 9.17) is 0 Å². The Hall–Kier alpha value is -3.28. The average molecular weight is 393 g/mol. The highest BCUT2D eigenvalue weighted by Crippen LogP contribution is 2.18. The maximum absolute atomic E-state index is 13.0. The molecule has 0 atom stereocenters. The first kappa shape index (κ1) is 20.5. The summed E-state index contributed by atoms with van der Waals surface area (Å²) in [5.74, 6) is -0.327. The van der Waals surface area contributed by atoms with Crippen molar-refractivity contribution in [2.75, 3.05) is 13.6 Å². The van der Waals surface area contributed by atoms with Gasteiger partial charge in [0.1, 0.15) is 5.82 Å². The molecule has 0 aliphatic rings. The van der Waals surface area contributed by atoms with Crippen LogP contribution in [0.5, 0.6) is 0 Å². The van der Waals surface area contributed by atoms with Gasteiger partial charge in [-0.2, -0.15) is 5.10 Å². The average Bonchev–Trinajstić information content (AvgIpc) is 3.21. The molecule has 0 radical (unpaired) electrons. The Kier molecular flexibility index (Phi) is 6.89. The van der Waals surface area contributed by atoms with Gasteiger partial charge in [-0.1, -0.05) is 30.3 Å². The second-order valence-corrected chi connectivity index (χ2v) is 6.99. The summed E-state index contributed by atoms with van der Waals surface area (Å²) in [6, 6.07) is 17.2. The van der Waals surface area contributed by atoms with Gasteiger partial charge in [-0.3, -0.25) is 14.7 Å². The molecule has 1 heterocycles. The zero-order chi connectivity index (χ0) is 20.6. The fourth-order valence-electron chi connectivity index (χ4n) is 3.07. The minimum Gasteiger partial charge on any atom is -0.346 e. The number of aromatic nitrogens is 2. The van der Waals surface area contributed by atoms with Crippen molar-refractivity contribution in [1.82, 2.24) is 15.1 Å². The Morgan fingerprint density at radius 3 is 2.48 bits per heavy atom. The molecule has 0 aliphatic carbocycles. The van der Waals surface area contributed by atoms with Gasteiger partial charge in [0.25, 0.3) is 0 Å². The summed E-state index contributed by atoms with van der Waals surface area (Å²) >= 11 is 0. The fourth-order valence-corrected chi connectivity index (χ4v) is 3.07. The van der Waals surface area contributed by atoms with Gasteiger partial charge >= 0.3 is 0 Å². The number of ketones is 1. The maximum Gasteiger partial charge on any atom is 0.222 e. The molecule has 5 nitrogen and oxygen atoms in total. The van der Waals surface area contributed by atoms with Crippen LogP contribution in [0.3, 0.4) is 0 Å². The van der Waals surface area contributed by atoms with Gasteiger partial charge in [-0.15, -0.1) is 0 Å². The van der Waals surface area contributed by atoms with Crippen molar-refractivity contribution in [2.24, 2.45) is 0 Å². The smallest absolute Gasteiger partial charge is 0.222 e. The van der Waals surface area contributed by atoms with E-state index in [1.54, 1.807) is 36.2 Å². The monoisotopic (exact) mass is 393 g/mol. The lowest BCUT2D eigenvalue weighted by Crippen LogP contribution is -2.28. The first-order chi connectivity index (χ1) is 14.0. The number of carbonyl (C=O) groups excluding carboxylic acids is 2. The molecule has 0 saturated heterocycles. The van der Waals surface area contributed by atoms with Crippen molar-refractivity contribution >= 4 is 11.7 Å². The van der Waals surface area contributed by atoms with Crippen LogP contribution in [0.1, 0.15) is 35.3 Å². The molecule has 0 fully saturated rings. The lowest BCUT2D eigenvalue weighted by atomic mass is 10.1. The van der Waals surface area contributed by atoms with Crippen LogP contribution in [-0.4, -0.2) is 40.4 Å². The summed E-state index contributed by atoms with van der Waals surface area (Å²) in [6.45, 7) is 0.600. The van der Waals surface area contributed by atoms with E-state index in [0.29, 0.717) is 12.1 Å². The summed E-state index contributed by atoms with van der Waals surface area (Å²) in [6.07, 6.45) is 1.95. The van der Waals surface area contributed by atoms with Crippen LogP contribution in [0.15, 0.2) is 60.7 Å². The molecule has 0 aliphatic heterocycles. The summed E-state index contributed by atoms with van der Waals surface area (Å²) in [4.78, 5) is 26.0. The zero-order valence-electron chi connectivity index (χ0n) is 16.4. The molecule has 150 valence electrons. The van der Waals surface area contributed by atoms with E-state index in [2.05, 4.69) is 10.2 Å². The van der Waals surface area contributed by atoms with E-state index in [-0.39, 0.29) is 30.3 Å². The van der Waals surface area contributed by atoms with Crippen LogP contribution in [0.25, 0.3) is 11.3 Å². The van der Waals surface area contributed by atoms with Gasteiger partial charge in [0.2, 0.25) is 5.91 Å². The van der Waals surface area contributed by atoms with Gasteiger partial charge in [0.15, 0.2) is 5.78 Å². The first-order valence-electron chi connectivity index (χ1n) is 9.65. The second kappa shape index (κ2) is 9.78. The Bertz CT molecular complexity index is 952. The Morgan fingerprint density at radius 1 is 1.03 bits per heavy atom. The van der Waals surface area contributed by atoms with E-state index in [0.717, 1.165) is 29.8 Å². The van der Waals surface area contributed by atoms with Gasteiger partial charge in [0.05, 0.1) is 5.69 Å². The molecule has 0 spiro atoms. The van der Waals surface area contributed by atoms with E-state index >= 15 is 0 Å². The Morgan fingerprint density at radius 2 is 1.76 bits per heavy atom. The number of halogens is 1. The van der Waals surface area contributed by atoms with Crippen molar-refractivity contribution in [1.29, 1.82) is 0 Å². The molecule has 3 rings (SSSR count). The van der Waals surface area contributed by atoms with Gasteiger partial charge < -0.3 is 4.90 Å². The molecule has 1 N–H and O–H groups in total. The Balaban J connectivity index is 1.41. The van der Waals surface area contributed by atoms with Crippen molar-refractivity contribution in [3.05, 3.63) is 77.7 Å². The lowest BCUT2D eigenvalue weighted by Gasteiger charge is -2.16.